The van der Waals surface area contributed by atoms with Gasteiger partial charge in [0.15, 0.2) is 0 Å². The third-order valence-corrected chi connectivity index (χ3v) is 2.36. The molecule has 0 rings (SSSR count). The molecule has 0 unspecified atom stereocenters. The van der Waals surface area contributed by atoms with E-state index in [2.05, 4.69) is 45.7 Å². The molecule has 0 spiro atoms. The molecule has 0 saturated heterocycles. The van der Waals surface area contributed by atoms with Crippen molar-refractivity contribution < 1.29 is 0 Å². The lowest BCUT2D eigenvalue weighted by atomic mass is 9.94. The topological polar surface area (TPSA) is 0 Å². The number of hydrogen-bond donors (Lipinski definition) is 0. The predicted molar refractivity (Wildman–Crippen MR) is 75.4 cm³/mol. The standard InChI is InChI=1S/C16H24/c1-8-14(6)10-15(7)11-16(13(4)5)9-12(2)3/h8-10,13H,1-2,7,11H2,3-6H3/b14-10+,16-9+. The van der Waals surface area contributed by atoms with Crippen LogP contribution in [0, 0.1) is 5.92 Å². The summed E-state index contributed by atoms with van der Waals surface area (Å²) in [5.41, 5.74) is 4.76. The maximum Gasteiger partial charge on any atom is -0.00671 e. The Hall–Kier alpha value is -1.30. The van der Waals surface area contributed by atoms with Crippen LogP contribution in [0.5, 0.6) is 0 Å². The zero-order valence-electron chi connectivity index (χ0n) is 11.1. The van der Waals surface area contributed by atoms with E-state index in [-0.39, 0.29) is 0 Å². The van der Waals surface area contributed by atoms with E-state index in [9.17, 15) is 0 Å². The fourth-order valence-electron chi connectivity index (χ4n) is 1.43. The number of allylic oxidation sites excluding steroid dienone is 7. The lowest BCUT2D eigenvalue weighted by molar-refractivity contribution is 0.741. The molecular formula is C16H24. The predicted octanol–water partition coefficient (Wildman–Crippen LogP) is 5.22. The van der Waals surface area contributed by atoms with Crippen LogP contribution < -0.4 is 0 Å². The molecule has 0 amide bonds. The van der Waals surface area contributed by atoms with Gasteiger partial charge in [-0.3, -0.25) is 0 Å². The first-order valence-corrected chi connectivity index (χ1v) is 5.71. The fraction of sp³-hybridized carbons (Fsp3) is 0.375. The Morgan fingerprint density at radius 2 is 1.69 bits per heavy atom. The zero-order chi connectivity index (χ0) is 12.7. The molecule has 0 radical (unpaired) electrons. The molecular weight excluding hydrogens is 192 g/mol. The second-order valence-corrected chi connectivity index (χ2v) is 4.65. The Kier molecular flexibility index (Phi) is 6.48. The van der Waals surface area contributed by atoms with Crippen molar-refractivity contribution in [1.82, 2.24) is 0 Å². The summed E-state index contributed by atoms with van der Waals surface area (Å²) in [6.45, 7) is 20.2. The van der Waals surface area contributed by atoms with E-state index >= 15 is 0 Å². The van der Waals surface area contributed by atoms with Crippen molar-refractivity contribution in [2.45, 2.75) is 34.1 Å². The minimum atomic E-state index is 0.533. The molecule has 0 fully saturated rings. The first-order chi connectivity index (χ1) is 7.36. The molecule has 0 aromatic heterocycles. The summed E-state index contributed by atoms with van der Waals surface area (Å²) in [5, 5.41) is 0. The Labute approximate surface area is 101 Å². The van der Waals surface area contributed by atoms with Crippen LogP contribution in [0.25, 0.3) is 0 Å². The van der Waals surface area contributed by atoms with E-state index in [0.29, 0.717) is 5.92 Å². The van der Waals surface area contributed by atoms with Crippen molar-refractivity contribution in [3.63, 3.8) is 0 Å². The maximum absolute atomic E-state index is 4.08. The first-order valence-electron chi connectivity index (χ1n) is 5.71. The van der Waals surface area contributed by atoms with E-state index < -0.39 is 0 Å². The van der Waals surface area contributed by atoms with Gasteiger partial charge in [-0.2, -0.15) is 0 Å². The molecule has 0 aliphatic rings. The van der Waals surface area contributed by atoms with Gasteiger partial charge in [0, 0.05) is 0 Å². The average molecular weight is 216 g/mol. The highest BCUT2D eigenvalue weighted by Crippen LogP contribution is 2.21. The highest BCUT2D eigenvalue weighted by Gasteiger charge is 2.04. The summed E-state index contributed by atoms with van der Waals surface area (Å²) >= 11 is 0. The minimum Gasteiger partial charge on any atom is -0.0988 e. The van der Waals surface area contributed by atoms with Crippen molar-refractivity contribution in [3.05, 3.63) is 60.3 Å². The van der Waals surface area contributed by atoms with Gasteiger partial charge in [0.1, 0.15) is 0 Å². The van der Waals surface area contributed by atoms with Gasteiger partial charge in [-0.25, -0.2) is 0 Å². The lowest BCUT2D eigenvalue weighted by Crippen LogP contribution is -1.96. The van der Waals surface area contributed by atoms with Crippen molar-refractivity contribution in [3.8, 4) is 0 Å². The van der Waals surface area contributed by atoms with E-state index in [1.54, 1.807) is 0 Å². The molecule has 0 aromatic carbocycles. The summed E-state index contributed by atoms with van der Waals surface area (Å²) in [7, 11) is 0. The molecule has 0 aromatic rings. The average Bonchev–Trinajstić information content (AvgIpc) is 2.15. The smallest absolute Gasteiger partial charge is 0.00671 e. The monoisotopic (exact) mass is 216 g/mol. The van der Waals surface area contributed by atoms with Crippen LogP contribution in [-0.4, -0.2) is 0 Å². The minimum absolute atomic E-state index is 0.533. The molecule has 0 saturated carbocycles. The number of rotatable bonds is 6. The molecule has 0 heterocycles. The summed E-state index contributed by atoms with van der Waals surface area (Å²) in [4.78, 5) is 0. The molecule has 0 aliphatic heterocycles. The summed E-state index contributed by atoms with van der Waals surface area (Å²) < 4.78 is 0. The summed E-state index contributed by atoms with van der Waals surface area (Å²) in [6, 6.07) is 0. The molecule has 0 nitrogen and oxygen atoms in total. The summed E-state index contributed by atoms with van der Waals surface area (Å²) in [6.07, 6.45) is 7.01. The highest BCUT2D eigenvalue weighted by atomic mass is 14.1. The van der Waals surface area contributed by atoms with E-state index in [0.717, 1.165) is 23.1 Å². The fourth-order valence-corrected chi connectivity index (χ4v) is 1.43. The van der Waals surface area contributed by atoms with Gasteiger partial charge in [0.2, 0.25) is 0 Å². The Morgan fingerprint density at radius 1 is 1.12 bits per heavy atom. The van der Waals surface area contributed by atoms with Gasteiger partial charge in [-0.05, 0) is 26.2 Å². The third kappa shape index (κ3) is 6.23. The third-order valence-electron chi connectivity index (χ3n) is 2.36. The first kappa shape index (κ1) is 14.7. The van der Waals surface area contributed by atoms with Crippen LogP contribution >= 0.6 is 0 Å². The molecule has 0 atom stereocenters. The van der Waals surface area contributed by atoms with Crippen molar-refractivity contribution in [2.24, 2.45) is 5.92 Å². The van der Waals surface area contributed by atoms with E-state index in [4.69, 9.17) is 0 Å². The van der Waals surface area contributed by atoms with Gasteiger partial charge < -0.3 is 0 Å². The van der Waals surface area contributed by atoms with Gasteiger partial charge >= 0.3 is 0 Å². The summed E-state index contributed by atoms with van der Waals surface area (Å²) in [5.74, 6) is 0.533. The lowest BCUT2D eigenvalue weighted by Gasteiger charge is -2.12. The van der Waals surface area contributed by atoms with Crippen molar-refractivity contribution in [1.29, 1.82) is 0 Å². The van der Waals surface area contributed by atoms with Gasteiger partial charge in [-0.1, -0.05) is 74.1 Å². The highest BCUT2D eigenvalue weighted by molar-refractivity contribution is 5.32. The van der Waals surface area contributed by atoms with Crippen LogP contribution in [0.2, 0.25) is 0 Å². The van der Waals surface area contributed by atoms with Crippen LogP contribution in [0.15, 0.2) is 60.3 Å². The Balaban J connectivity index is 4.73. The van der Waals surface area contributed by atoms with Gasteiger partial charge in [0.05, 0.1) is 0 Å². The van der Waals surface area contributed by atoms with Crippen molar-refractivity contribution in [2.75, 3.05) is 0 Å². The SMILES string of the molecule is C=C/C(C)=C/C(=C)C/C(=C\C(=C)C)C(C)C. The molecule has 0 heteroatoms. The van der Waals surface area contributed by atoms with E-state index in [1.807, 2.05) is 19.9 Å². The van der Waals surface area contributed by atoms with Gasteiger partial charge in [-0.15, -0.1) is 0 Å². The Morgan fingerprint density at radius 3 is 2.06 bits per heavy atom. The molecule has 0 aliphatic carbocycles. The Bertz CT molecular complexity index is 335. The van der Waals surface area contributed by atoms with Crippen LogP contribution in [0.1, 0.15) is 34.1 Å². The normalized spacial score (nSPS) is 12.8. The quantitative estimate of drug-likeness (QED) is 0.534. The molecule has 16 heavy (non-hydrogen) atoms. The molecule has 0 bridgehead atoms. The van der Waals surface area contributed by atoms with Crippen molar-refractivity contribution >= 4 is 0 Å². The van der Waals surface area contributed by atoms with Gasteiger partial charge in [0.25, 0.3) is 0 Å². The van der Waals surface area contributed by atoms with Crippen LogP contribution in [0.4, 0.5) is 0 Å². The van der Waals surface area contributed by atoms with Crippen LogP contribution in [-0.2, 0) is 0 Å². The largest absolute Gasteiger partial charge is 0.0988 e. The molecule has 88 valence electrons. The number of hydrogen-bond acceptors (Lipinski definition) is 0. The maximum atomic E-state index is 4.08. The zero-order valence-corrected chi connectivity index (χ0v) is 11.1. The van der Waals surface area contributed by atoms with E-state index in [1.165, 1.54) is 5.57 Å². The second-order valence-electron chi connectivity index (χ2n) is 4.65. The van der Waals surface area contributed by atoms with Crippen LogP contribution in [0.3, 0.4) is 0 Å². The molecule has 0 N–H and O–H groups in total. The second kappa shape index (κ2) is 7.05.